The van der Waals surface area contributed by atoms with Gasteiger partial charge in [-0.3, -0.25) is 9.36 Å². The van der Waals surface area contributed by atoms with Gasteiger partial charge in [0.25, 0.3) is 0 Å². The molecule has 0 spiro atoms. The van der Waals surface area contributed by atoms with Crippen LogP contribution < -0.4 is 9.64 Å². The number of fused-ring (bicyclic) bond motifs is 1. The van der Waals surface area contributed by atoms with Gasteiger partial charge in [-0.05, 0) is 29.2 Å². The van der Waals surface area contributed by atoms with E-state index in [-0.39, 0.29) is 42.9 Å². The number of hydrogen-bond acceptors (Lipinski definition) is 7. The number of imidazole rings is 1. The average Bonchev–Trinajstić information content (AvgIpc) is 3.16. The zero-order chi connectivity index (χ0) is 20.4. The maximum Gasteiger partial charge on any atom is 0.414 e. The summed E-state index contributed by atoms with van der Waals surface area (Å²) in [6.45, 7) is 2.85. The van der Waals surface area contributed by atoms with E-state index in [9.17, 15) is 19.3 Å². The predicted octanol–water partition coefficient (Wildman–Crippen LogP) is 1.06. The van der Waals surface area contributed by atoms with Crippen molar-refractivity contribution < 1.29 is 23.6 Å². The molecule has 154 valence electrons. The molecule has 3 heterocycles. The third kappa shape index (κ3) is 4.29. The van der Waals surface area contributed by atoms with Gasteiger partial charge in [-0.15, -0.1) is 0 Å². The molecule has 0 aliphatic carbocycles. The molecular formula is C18H20FN5O5. The maximum absolute atomic E-state index is 13.0. The molecule has 0 N–H and O–H groups in total. The van der Waals surface area contributed by atoms with Crippen molar-refractivity contribution in [1.29, 1.82) is 0 Å². The minimum atomic E-state index is -0.584. The predicted molar refractivity (Wildman–Crippen MR) is 99.3 cm³/mol. The lowest BCUT2D eigenvalue weighted by Crippen LogP contribution is -2.50. The number of hydrogen-bond donors (Lipinski definition) is 0. The minimum absolute atomic E-state index is 0.0866. The van der Waals surface area contributed by atoms with Crippen LogP contribution in [0.4, 0.5) is 15.9 Å². The summed E-state index contributed by atoms with van der Waals surface area (Å²) in [5.74, 6) is -0.675. The molecule has 0 radical (unpaired) electrons. The van der Waals surface area contributed by atoms with Crippen LogP contribution in [0.15, 0.2) is 30.5 Å². The average molecular weight is 405 g/mol. The number of piperazine rings is 1. The van der Waals surface area contributed by atoms with Crippen molar-refractivity contribution in [2.24, 2.45) is 0 Å². The lowest BCUT2D eigenvalue weighted by molar-refractivity contribution is -0.389. The number of carbonyl (C=O) groups excluding carboxylic acids is 1. The van der Waals surface area contributed by atoms with Crippen molar-refractivity contribution in [2.75, 3.05) is 44.3 Å². The van der Waals surface area contributed by atoms with Crippen LogP contribution in [-0.2, 0) is 16.1 Å². The number of benzene rings is 1. The Morgan fingerprint density at radius 1 is 1.28 bits per heavy atom. The summed E-state index contributed by atoms with van der Waals surface area (Å²) in [4.78, 5) is 30.3. The van der Waals surface area contributed by atoms with Crippen LogP contribution in [0.25, 0.3) is 0 Å². The number of halogens is 1. The second kappa shape index (κ2) is 8.03. The van der Waals surface area contributed by atoms with Gasteiger partial charge in [-0.2, -0.15) is 0 Å². The van der Waals surface area contributed by atoms with Gasteiger partial charge in [0.1, 0.15) is 31.3 Å². The fourth-order valence-corrected chi connectivity index (χ4v) is 3.41. The first-order valence-electron chi connectivity index (χ1n) is 9.24. The SMILES string of the molecule is O=C(COC1COc2nc([N+](=O)[O-])cn2C1)N1CCN(c2ccc(F)cc2)CC1. The first-order chi connectivity index (χ1) is 14.0. The van der Waals surface area contributed by atoms with Crippen LogP contribution in [0, 0.1) is 15.9 Å². The largest absolute Gasteiger partial charge is 0.443 e. The summed E-state index contributed by atoms with van der Waals surface area (Å²) in [5, 5.41) is 10.8. The summed E-state index contributed by atoms with van der Waals surface area (Å²) in [6.07, 6.45) is 0.905. The summed E-state index contributed by atoms with van der Waals surface area (Å²) < 4.78 is 25.6. The smallest absolute Gasteiger partial charge is 0.414 e. The molecule has 29 heavy (non-hydrogen) atoms. The number of rotatable bonds is 5. The number of aromatic nitrogens is 2. The Hall–Kier alpha value is -3.21. The van der Waals surface area contributed by atoms with Gasteiger partial charge in [0.05, 0.1) is 6.54 Å². The molecule has 2 aliphatic rings. The van der Waals surface area contributed by atoms with Gasteiger partial charge in [0, 0.05) is 36.9 Å². The van der Waals surface area contributed by atoms with Crippen molar-refractivity contribution in [2.45, 2.75) is 12.6 Å². The highest BCUT2D eigenvalue weighted by Crippen LogP contribution is 2.22. The van der Waals surface area contributed by atoms with E-state index in [1.165, 1.54) is 22.9 Å². The molecule has 1 fully saturated rings. The third-order valence-corrected chi connectivity index (χ3v) is 4.98. The standard InChI is InChI=1S/C18H20FN5O5/c19-13-1-3-14(4-2-13)21-5-7-22(8-6-21)17(25)12-28-15-9-23-10-16(24(26)27)20-18(23)29-11-15/h1-4,10,15H,5-9,11-12H2. The molecule has 2 aromatic rings. The van der Waals surface area contributed by atoms with Gasteiger partial charge >= 0.3 is 11.8 Å². The van der Waals surface area contributed by atoms with E-state index in [1.54, 1.807) is 17.0 Å². The van der Waals surface area contributed by atoms with Crippen LogP contribution in [0.2, 0.25) is 0 Å². The Morgan fingerprint density at radius 2 is 2.00 bits per heavy atom. The van der Waals surface area contributed by atoms with Gasteiger partial charge in [0.2, 0.25) is 5.91 Å². The fourth-order valence-electron chi connectivity index (χ4n) is 3.41. The number of amides is 1. The van der Waals surface area contributed by atoms with E-state index in [2.05, 4.69) is 9.88 Å². The molecular weight excluding hydrogens is 385 g/mol. The normalized spacial score (nSPS) is 18.9. The topological polar surface area (TPSA) is 103 Å². The molecule has 0 bridgehead atoms. The molecule has 1 unspecified atom stereocenters. The van der Waals surface area contributed by atoms with E-state index in [4.69, 9.17) is 9.47 Å². The molecule has 1 atom stereocenters. The number of nitro groups is 1. The van der Waals surface area contributed by atoms with Crippen molar-refractivity contribution in [3.63, 3.8) is 0 Å². The Bertz CT molecular complexity index is 895. The fraction of sp³-hybridized carbons (Fsp3) is 0.444. The molecule has 11 heteroatoms. The Balaban J connectivity index is 1.24. The number of anilines is 1. The van der Waals surface area contributed by atoms with Gasteiger partial charge < -0.3 is 29.4 Å². The van der Waals surface area contributed by atoms with Crippen LogP contribution in [-0.4, -0.2) is 70.8 Å². The molecule has 4 rings (SSSR count). The maximum atomic E-state index is 13.0. The second-order valence-corrected chi connectivity index (χ2v) is 6.88. The molecule has 1 aromatic carbocycles. The van der Waals surface area contributed by atoms with E-state index >= 15 is 0 Å². The van der Waals surface area contributed by atoms with Crippen molar-refractivity contribution in [3.8, 4) is 6.01 Å². The lowest BCUT2D eigenvalue weighted by Gasteiger charge is -2.36. The zero-order valence-electron chi connectivity index (χ0n) is 15.6. The quantitative estimate of drug-likeness (QED) is 0.541. The van der Waals surface area contributed by atoms with Crippen LogP contribution in [0.1, 0.15) is 0 Å². The first kappa shape index (κ1) is 19.1. The monoisotopic (exact) mass is 405 g/mol. The summed E-state index contributed by atoms with van der Waals surface area (Å²) in [7, 11) is 0. The third-order valence-electron chi connectivity index (χ3n) is 4.98. The molecule has 1 saturated heterocycles. The van der Waals surface area contributed by atoms with Crippen molar-refractivity contribution in [3.05, 3.63) is 46.4 Å². The highest BCUT2D eigenvalue weighted by molar-refractivity contribution is 5.77. The van der Waals surface area contributed by atoms with Crippen LogP contribution >= 0.6 is 0 Å². The van der Waals surface area contributed by atoms with Crippen LogP contribution in [0.5, 0.6) is 6.01 Å². The highest BCUT2D eigenvalue weighted by atomic mass is 19.1. The lowest BCUT2D eigenvalue weighted by atomic mass is 10.2. The van der Waals surface area contributed by atoms with Gasteiger partial charge in [-0.25, -0.2) is 4.39 Å². The molecule has 1 amide bonds. The van der Waals surface area contributed by atoms with E-state index in [0.717, 1.165) is 5.69 Å². The zero-order valence-corrected chi connectivity index (χ0v) is 15.6. The summed E-state index contributed by atoms with van der Waals surface area (Å²) >= 11 is 0. The first-order valence-corrected chi connectivity index (χ1v) is 9.24. The number of nitrogens with zero attached hydrogens (tertiary/aromatic N) is 5. The van der Waals surface area contributed by atoms with E-state index < -0.39 is 4.92 Å². The van der Waals surface area contributed by atoms with E-state index in [0.29, 0.717) is 32.7 Å². The highest BCUT2D eigenvalue weighted by Gasteiger charge is 2.29. The molecule has 1 aromatic heterocycles. The molecule has 0 saturated carbocycles. The molecule has 10 nitrogen and oxygen atoms in total. The van der Waals surface area contributed by atoms with E-state index in [1.807, 2.05) is 0 Å². The van der Waals surface area contributed by atoms with Crippen molar-refractivity contribution >= 4 is 17.4 Å². The Kier molecular flexibility index (Phi) is 5.30. The van der Waals surface area contributed by atoms with Crippen LogP contribution in [0.3, 0.4) is 0 Å². The molecule has 2 aliphatic heterocycles. The van der Waals surface area contributed by atoms with Gasteiger partial charge in [-0.1, -0.05) is 0 Å². The number of carbonyl (C=O) groups is 1. The van der Waals surface area contributed by atoms with Crippen molar-refractivity contribution in [1.82, 2.24) is 14.5 Å². The summed E-state index contributed by atoms with van der Waals surface area (Å²) in [5.41, 5.74) is 0.930. The minimum Gasteiger partial charge on any atom is -0.443 e. The summed E-state index contributed by atoms with van der Waals surface area (Å²) in [6, 6.07) is 6.49. The second-order valence-electron chi connectivity index (χ2n) is 6.88. The Labute approximate surface area is 165 Å². The number of ether oxygens (including phenoxy) is 2. The van der Waals surface area contributed by atoms with Gasteiger partial charge in [0.15, 0.2) is 0 Å². The Morgan fingerprint density at radius 3 is 2.69 bits per heavy atom.